The number of hydrogen-bond acceptors (Lipinski definition) is 4. The van der Waals surface area contributed by atoms with Gasteiger partial charge in [0.15, 0.2) is 0 Å². The largest absolute Gasteiger partial charge is 0.369 e. The molecule has 3 rings (SSSR count). The monoisotopic (exact) mass is 271 g/mol. The third kappa shape index (κ3) is 2.81. The van der Waals surface area contributed by atoms with Crippen LogP contribution in [0.5, 0.6) is 0 Å². The number of hydrogen-bond donors (Lipinski definition) is 1. The van der Waals surface area contributed by atoms with E-state index in [2.05, 4.69) is 24.8 Å². The van der Waals surface area contributed by atoms with Crippen LogP contribution in [0.1, 0.15) is 36.3 Å². The van der Waals surface area contributed by atoms with Crippen LogP contribution < -0.4 is 5.32 Å². The van der Waals surface area contributed by atoms with Crippen molar-refractivity contribution in [2.75, 3.05) is 11.9 Å². The zero-order chi connectivity index (χ0) is 13.8. The van der Waals surface area contributed by atoms with Gasteiger partial charge in [-0.15, -0.1) is 0 Å². The van der Waals surface area contributed by atoms with E-state index in [1.165, 1.54) is 30.5 Å². The second-order valence-corrected chi connectivity index (χ2v) is 5.34. The normalized spacial score (nSPS) is 14.7. The summed E-state index contributed by atoms with van der Waals surface area (Å²) in [6, 6.07) is 0. The Labute approximate surface area is 119 Å². The molecule has 0 aromatic carbocycles. The maximum absolute atomic E-state index is 4.44. The number of aryl methyl sites for hydroxylation is 2. The summed E-state index contributed by atoms with van der Waals surface area (Å²) in [6.07, 6.45) is 12.4. The Kier molecular flexibility index (Phi) is 3.95. The zero-order valence-electron chi connectivity index (χ0n) is 12.0. The number of rotatable bonds is 4. The predicted molar refractivity (Wildman–Crippen MR) is 78.7 cm³/mol. The highest BCUT2D eigenvalue weighted by atomic mass is 15.1. The number of aromatic nitrogens is 4. The summed E-state index contributed by atoms with van der Waals surface area (Å²) in [5, 5.41) is 3.46. The van der Waals surface area contributed by atoms with Crippen molar-refractivity contribution < 1.29 is 0 Å². The quantitative estimate of drug-likeness (QED) is 0.866. The highest BCUT2D eigenvalue weighted by molar-refractivity contribution is 5.46. The van der Waals surface area contributed by atoms with E-state index in [1.54, 1.807) is 6.33 Å². The number of imidazole rings is 1. The van der Waals surface area contributed by atoms with Gasteiger partial charge >= 0.3 is 0 Å². The molecule has 2 aromatic heterocycles. The van der Waals surface area contributed by atoms with E-state index in [-0.39, 0.29) is 0 Å². The first kappa shape index (κ1) is 13.1. The molecule has 0 fully saturated rings. The Bertz CT molecular complexity index is 575. The standard InChI is InChI=1S/C15H21N5/c1-20-10-9-16-14(20)7-8-17-15-12-5-3-2-4-6-13(12)18-11-19-15/h9-11H,2-8H2,1H3,(H,17,18,19). The summed E-state index contributed by atoms with van der Waals surface area (Å²) in [6.45, 7) is 0.855. The van der Waals surface area contributed by atoms with Crippen LogP contribution in [-0.2, 0) is 26.3 Å². The Morgan fingerprint density at radius 1 is 1.15 bits per heavy atom. The third-order valence-corrected chi connectivity index (χ3v) is 3.94. The fourth-order valence-corrected chi connectivity index (χ4v) is 2.78. The molecule has 20 heavy (non-hydrogen) atoms. The van der Waals surface area contributed by atoms with E-state index in [0.29, 0.717) is 0 Å². The molecule has 2 aromatic rings. The second kappa shape index (κ2) is 6.03. The van der Waals surface area contributed by atoms with Crippen LogP contribution in [0.4, 0.5) is 5.82 Å². The lowest BCUT2D eigenvalue weighted by Gasteiger charge is -2.12. The molecule has 0 bridgehead atoms. The highest BCUT2D eigenvalue weighted by Gasteiger charge is 2.14. The molecule has 1 N–H and O–H groups in total. The molecule has 0 atom stereocenters. The van der Waals surface area contributed by atoms with Gasteiger partial charge in [-0.25, -0.2) is 15.0 Å². The van der Waals surface area contributed by atoms with Gasteiger partial charge in [-0.05, 0) is 25.7 Å². The van der Waals surface area contributed by atoms with Crippen LogP contribution in [0.3, 0.4) is 0 Å². The lowest BCUT2D eigenvalue weighted by Crippen LogP contribution is -2.12. The van der Waals surface area contributed by atoms with Crippen LogP contribution in [0, 0.1) is 0 Å². The van der Waals surface area contributed by atoms with Crippen LogP contribution in [0.15, 0.2) is 18.7 Å². The molecular weight excluding hydrogens is 250 g/mol. The van der Waals surface area contributed by atoms with Gasteiger partial charge in [-0.2, -0.15) is 0 Å². The molecule has 0 aliphatic heterocycles. The summed E-state index contributed by atoms with van der Waals surface area (Å²) >= 11 is 0. The predicted octanol–water partition coefficient (Wildman–Crippen LogP) is 2.13. The van der Waals surface area contributed by atoms with E-state index in [9.17, 15) is 0 Å². The van der Waals surface area contributed by atoms with Crippen molar-refractivity contribution in [2.45, 2.75) is 38.5 Å². The smallest absolute Gasteiger partial charge is 0.132 e. The third-order valence-electron chi connectivity index (χ3n) is 3.94. The molecule has 1 aliphatic rings. The summed E-state index contributed by atoms with van der Waals surface area (Å²) in [5.74, 6) is 2.11. The summed E-state index contributed by atoms with van der Waals surface area (Å²) in [4.78, 5) is 13.2. The van der Waals surface area contributed by atoms with E-state index >= 15 is 0 Å². The fourth-order valence-electron chi connectivity index (χ4n) is 2.78. The van der Waals surface area contributed by atoms with Gasteiger partial charge in [0.25, 0.3) is 0 Å². The van der Waals surface area contributed by atoms with Crippen molar-refractivity contribution in [2.24, 2.45) is 7.05 Å². The van der Waals surface area contributed by atoms with Crippen LogP contribution in [0.25, 0.3) is 0 Å². The molecule has 0 amide bonds. The molecule has 0 saturated carbocycles. The van der Waals surface area contributed by atoms with E-state index in [0.717, 1.165) is 37.4 Å². The number of nitrogens with one attached hydrogen (secondary N) is 1. The number of fused-ring (bicyclic) bond motifs is 1. The zero-order valence-corrected chi connectivity index (χ0v) is 12.0. The average Bonchev–Trinajstić information content (AvgIpc) is 2.73. The first-order chi connectivity index (χ1) is 9.84. The Morgan fingerprint density at radius 3 is 2.90 bits per heavy atom. The fraction of sp³-hybridized carbons (Fsp3) is 0.533. The SMILES string of the molecule is Cn1ccnc1CCNc1ncnc2c1CCCCC2. The van der Waals surface area contributed by atoms with Gasteiger partial charge in [-0.3, -0.25) is 0 Å². The molecular formula is C15H21N5. The lowest BCUT2D eigenvalue weighted by atomic mass is 10.1. The minimum absolute atomic E-state index is 0.855. The van der Waals surface area contributed by atoms with E-state index in [4.69, 9.17) is 0 Å². The minimum atomic E-state index is 0.855. The molecule has 0 radical (unpaired) electrons. The molecule has 0 unspecified atom stereocenters. The van der Waals surface area contributed by atoms with Crippen molar-refractivity contribution >= 4 is 5.82 Å². The van der Waals surface area contributed by atoms with Crippen molar-refractivity contribution in [3.8, 4) is 0 Å². The van der Waals surface area contributed by atoms with Gasteiger partial charge in [0, 0.05) is 43.7 Å². The average molecular weight is 271 g/mol. The van der Waals surface area contributed by atoms with Crippen LogP contribution in [-0.4, -0.2) is 26.1 Å². The number of nitrogens with zero attached hydrogens (tertiary/aromatic N) is 4. The molecule has 0 saturated heterocycles. The second-order valence-electron chi connectivity index (χ2n) is 5.34. The maximum atomic E-state index is 4.44. The first-order valence-corrected chi connectivity index (χ1v) is 7.37. The van der Waals surface area contributed by atoms with Crippen molar-refractivity contribution in [3.05, 3.63) is 35.8 Å². The Hall–Kier alpha value is -1.91. The van der Waals surface area contributed by atoms with E-state index in [1.807, 2.05) is 19.4 Å². The summed E-state index contributed by atoms with van der Waals surface area (Å²) < 4.78 is 2.06. The van der Waals surface area contributed by atoms with Gasteiger partial charge in [0.05, 0.1) is 0 Å². The molecule has 106 valence electrons. The van der Waals surface area contributed by atoms with Crippen molar-refractivity contribution in [3.63, 3.8) is 0 Å². The first-order valence-electron chi connectivity index (χ1n) is 7.37. The van der Waals surface area contributed by atoms with Gasteiger partial charge in [-0.1, -0.05) is 6.42 Å². The molecule has 5 nitrogen and oxygen atoms in total. The van der Waals surface area contributed by atoms with Crippen LogP contribution >= 0.6 is 0 Å². The van der Waals surface area contributed by atoms with Crippen LogP contribution in [0.2, 0.25) is 0 Å². The molecule has 2 heterocycles. The molecule has 1 aliphatic carbocycles. The molecule has 0 spiro atoms. The topological polar surface area (TPSA) is 55.6 Å². The Balaban J connectivity index is 1.67. The lowest BCUT2D eigenvalue weighted by molar-refractivity contribution is 0.708. The van der Waals surface area contributed by atoms with Crippen molar-refractivity contribution in [1.29, 1.82) is 0 Å². The van der Waals surface area contributed by atoms with E-state index < -0.39 is 0 Å². The van der Waals surface area contributed by atoms with Gasteiger partial charge in [0.1, 0.15) is 18.0 Å². The molecule has 5 heteroatoms. The Morgan fingerprint density at radius 2 is 2.05 bits per heavy atom. The van der Waals surface area contributed by atoms with Gasteiger partial charge in [0.2, 0.25) is 0 Å². The summed E-state index contributed by atoms with van der Waals surface area (Å²) in [5.41, 5.74) is 2.56. The van der Waals surface area contributed by atoms with Gasteiger partial charge < -0.3 is 9.88 Å². The maximum Gasteiger partial charge on any atom is 0.132 e. The highest BCUT2D eigenvalue weighted by Crippen LogP contribution is 2.23. The van der Waals surface area contributed by atoms with Crippen molar-refractivity contribution in [1.82, 2.24) is 19.5 Å². The number of anilines is 1. The minimum Gasteiger partial charge on any atom is -0.369 e. The summed E-state index contributed by atoms with van der Waals surface area (Å²) in [7, 11) is 2.03.